The molecule has 0 amide bonds. The zero-order valence-corrected chi connectivity index (χ0v) is 14.9. The Morgan fingerprint density at radius 2 is 1.96 bits per heavy atom. The number of hydrogen-bond acceptors (Lipinski definition) is 6. The van der Waals surface area contributed by atoms with E-state index in [2.05, 4.69) is 15.5 Å². The highest BCUT2D eigenvalue weighted by Crippen LogP contribution is 2.30. The number of tetrazole rings is 1. The smallest absolute Gasteiger partial charge is 0.214 e. The van der Waals surface area contributed by atoms with E-state index in [4.69, 9.17) is 4.74 Å². The normalized spacial score (nSPS) is 12.2. The summed E-state index contributed by atoms with van der Waals surface area (Å²) in [5.74, 6) is -1.03. The second-order valence-electron chi connectivity index (χ2n) is 5.51. The van der Waals surface area contributed by atoms with Gasteiger partial charge in [-0.1, -0.05) is 23.9 Å². The Morgan fingerprint density at radius 1 is 1.23 bits per heavy atom. The Bertz CT molecular complexity index is 899. The van der Waals surface area contributed by atoms with Crippen molar-refractivity contribution < 1.29 is 18.6 Å². The number of halogens is 2. The van der Waals surface area contributed by atoms with E-state index < -0.39 is 17.7 Å². The van der Waals surface area contributed by atoms with Gasteiger partial charge in [-0.2, -0.15) is 4.68 Å². The van der Waals surface area contributed by atoms with Crippen LogP contribution in [0.4, 0.5) is 8.78 Å². The van der Waals surface area contributed by atoms with Gasteiger partial charge in [-0.15, -0.1) is 5.10 Å². The first-order chi connectivity index (χ1) is 12.5. The monoisotopic (exact) mass is 378 g/mol. The fourth-order valence-electron chi connectivity index (χ4n) is 2.45. The van der Waals surface area contributed by atoms with Gasteiger partial charge in [0.2, 0.25) is 5.16 Å². The molecule has 1 heterocycles. The first-order valence-electron chi connectivity index (χ1n) is 7.69. The van der Waals surface area contributed by atoms with Crippen LogP contribution >= 0.6 is 11.8 Å². The van der Waals surface area contributed by atoms with E-state index in [1.54, 1.807) is 6.07 Å². The number of benzene rings is 2. The minimum Gasteiger partial charge on any atom is -0.494 e. The van der Waals surface area contributed by atoms with E-state index in [1.165, 1.54) is 17.9 Å². The van der Waals surface area contributed by atoms with Crippen molar-refractivity contribution in [1.29, 1.82) is 0 Å². The lowest BCUT2D eigenvalue weighted by Crippen LogP contribution is -2.08. The molecule has 0 saturated carbocycles. The third kappa shape index (κ3) is 3.68. The fraction of sp³-hybridized carbons (Fsp3) is 0.235. The highest BCUT2D eigenvalue weighted by molar-refractivity contribution is 7.99. The number of hydrogen-bond donors (Lipinski definition) is 1. The number of aryl methyl sites for hydroxylation is 1. The molecule has 0 aliphatic rings. The lowest BCUT2D eigenvalue weighted by molar-refractivity contribution is 0.193. The number of aliphatic hydroxyl groups excluding tert-OH is 1. The van der Waals surface area contributed by atoms with E-state index >= 15 is 0 Å². The number of aromatic nitrogens is 4. The SMILES string of the molecule is COc1ccc(C)cc1-n1nnnc1SCC(O)c1c(F)cccc1F. The topological polar surface area (TPSA) is 73.1 Å². The molecule has 1 unspecified atom stereocenters. The standard InChI is InChI=1S/C17H16F2N4O2S/c1-10-6-7-15(25-2)13(8-10)23-17(20-21-22-23)26-9-14(24)16-11(18)4-3-5-12(16)19/h3-8,14,24H,9H2,1-2H3. The highest BCUT2D eigenvalue weighted by atomic mass is 32.2. The molecule has 26 heavy (non-hydrogen) atoms. The van der Waals surface area contributed by atoms with E-state index in [0.717, 1.165) is 29.5 Å². The largest absolute Gasteiger partial charge is 0.494 e. The maximum absolute atomic E-state index is 13.8. The van der Waals surface area contributed by atoms with Crippen molar-refractivity contribution in [1.82, 2.24) is 20.2 Å². The van der Waals surface area contributed by atoms with E-state index in [9.17, 15) is 13.9 Å². The maximum Gasteiger partial charge on any atom is 0.214 e. The minimum atomic E-state index is -1.34. The molecule has 9 heteroatoms. The Labute approximate surface area is 152 Å². The van der Waals surface area contributed by atoms with Gasteiger partial charge in [0, 0.05) is 5.75 Å². The molecule has 1 aromatic heterocycles. The fourth-order valence-corrected chi connectivity index (χ4v) is 3.28. The number of aliphatic hydroxyl groups is 1. The van der Waals surface area contributed by atoms with Gasteiger partial charge in [0.25, 0.3) is 0 Å². The number of rotatable bonds is 6. The van der Waals surface area contributed by atoms with Gasteiger partial charge in [0.15, 0.2) is 0 Å². The second-order valence-corrected chi connectivity index (χ2v) is 6.50. The molecule has 3 aromatic rings. The first kappa shape index (κ1) is 18.3. The third-order valence-corrected chi connectivity index (χ3v) is 4.70. The molecule has 0 aliphatic carbocycles. The number of thioether (sulfide) groups is 1. The number of methoxy groups -OCH3 is 1. The van der Waals surface area contributed by atoms with Gasteiger partial charge in [0.1, 0.15) is 23.1 Å². The Balaban J connectivity index is 1.83. The maximum atomic E-state index is 13.8. The molecule has 6 nitrogen and oxygen atoms in total. The van der Waals surface area contributed by atoms with Gasteiger partial charge in [-0.25, -0.2) is 8.78 Å². The molecule has 0 aliphatic heterocycles. The summed E-state index contributed by atoms with van der Waals surface area (Å²) in [4.78, 5) is 0. The van der Waals surface area contributed by atoms with Crippen LogP contribution in [0, 0.1) is 18.6 Å². The van der Waals surface area contributed by atoms with Crippen LogP contribution in [0.3, 0.4) is 0 Å². The van der Waals surface area contributed by atoms with E-state index in [0.29, 0.717) is 16.6 Å². The van der Waals surface area contributed by atoms with Crippen molar-refractivity contribution in [2.45, 2.75) is 18.2 Å². The van der Waals surface area contributed by atoms with Crippen LogP contribution < -0.4 is 4.74 Å². The molecule has 0 fully saturated rings. The molecule has 0 radical (unpaired) electrons. The van der Waals surface area contributed by atoms with Gasteiger partial charge in [-0.3, -0.25) is 0 Å². The van der Waals surface area contributed by atoms with E-state index in [-0.39, 0.29) is 11.3 Å². The third-order valence-electron chi connectivity index (χ3n) is 3.71. The summed E-state index contributed by atoms with van der Waals surface area (Å²) >= 11 is 1.08. The quantitative estimate of drug-likeness (QED) is 0.665. The predicted molar refractivity (Wildman–Crippen MR) is 92.5 cm³/mol. The highest BCUT2D eigenvalue weighted by Gasteiger charge is 2.20. The minimum absolute atomic E-state index is 0.0215. The Hall–Kier alpha value is -2.52. The van der Waals surface area contributed by atoms with Crippen molar-refractivity contribution >= 4 is 11.8 Å². The molecule has 136 valence electrons. The zero-order valence-electron chi connectivity index (χ0n) is 14.1. The van der Waals surface area contributed by atoms with Crippen LogP contribution in [-0.2, 0) is 0 Å². The average molecular weight is 378 g/mol. The van der Waals surface area contributed by atoms with Crippen LogP contribution in [0.1, 0.15) is 17.2 Å². The van der Waals surface area contributed by atoms with Crippen molar-refractivity contribution in [2.75, 3.05) is 12.9 Å². The summed E-state index contributed by atoms with van der Waals surface area (Å²) in [5, 5.41) is 22.1. The predicted octanol–water partition coefficient (Wildman–Crippen LogP) is 3.08. The summed E-state index contributed by atoms with van der Waals surface area (Å²) in [6, 6.07) is 9.00. The molecular formula is C17H16F2N4O2S. The molecule has 0 bridgehead atoms. The lowest BCUT2D eigenvalue weighted by Gasteiger charge is -2.13. The van der Waals surface area contributed by atoms with Crippen LogP contribution in [0.25, 0.3) is 5.69 Å². The van der Waals surface area contributed by atoms with Gasteiger partial charge in [0.05, 0.1) is 18.8 Å². The summed E-state index contributed by atoms with van der Waals surface area (Å²) in [5.41, 5.74) is 1.25. The van der Waals surface area contributed by atoms with Gasteiger partial charge >= 0.3 is 0 Å². The zero-order chi connectivity index (χ0) is 18.7. The van der Waals surface area contributed by atoms with Crippen molar-refractivity contribution in [3.63, 3.8) is 0 Å². The van der Waals surface area contributed by atoms with Crippen LogP contribution in [0.5, 0.6) is 5.75 Å². The van der Waals surface area contributed by atoms with Crippen LogP contribution in [0.15, 0.2) is 41.6 Å². The summed E-state index contributed by atoms with van der Waals surface area (Å²) in [6.07, 6.45) is -1.34. The van der Waals surface area contributed by atoms with Crippen LogP contribution in [-0.4, -0.2) is 38.2 Å². The average Bonchev–Trinajstić information content (AvgIpc) is 3.08. The van der Waals surface area contributed by atoms with Crippen molar-refractivity contribution in [2.24, 2.45) is 0 Å². The lowest BCUT2D eigenvalue weighted by atomic mass is 10.1. The van der Waals surface area contributed by atoms with Crippen LogP contribution in [0.2, 0.25) is 0 Å². The van der Waals surface area contributed by atoms with Crippen molar-refractivity contribution in [3.8, 4) is 11.4 Å². The number of nitrogens with zero attached hydrogens (tertiary/aromatic N) is 4. The molecular weight excluding hydrogens is 362 g/mol. The van der Waals surface area contributed by atoms with E-state index in [1.807, 2.05) is 19.1 Å². The molecule has 2 aromatic carbocycles. The Kier molecular flexibility index (Phi) is 5.48. The van der Waals surface area contributed by atoms with Gasteiger partial charge in [-0.05, 0) is 47.2 Å². The summed E-state index contributed by atoms with van der Waals surface area (Å²) < 4.78 is 34.4. The summed E-state index contributed by atoms with van der Waals surface area (Å²) in [6.45, 7) is 1.92. The first-order valence-corrected chi connectivity index (χ1v) is 8.68. The molecule has 3 rings (SSSR count). The Morgan fingerprint density at radius 3 is 2.65 bits per heavy atom. The second kappa shape index (κ2) is 7.79. The molecule has 0 spiro atoms. The number of ether oxygens (including phenoxy) is 1. The van der Waals surface area contributed by atoms with Gasteiger partial charge < -0.3 is 9.84 Å². The summed E-state index contributed by atoms with van der Waals surface area (Å²) in [7, 11) is 1.54. The van der Waals surface area contributed by atoms with Crippen molar-refractivity contribution in [3.05, 3.63) is 59.2 Å². The molecule has 0 saturated heterocycles. The molecule has 1 N–H and O–H groups in total. The molecule has 1 atom stereocenters.